The van der Waals surface area contributed by atoms with Crippen LogP contribution in [0.4, 0.5) is 11.5 Å². The SMILES string of the molecule is Cc1ccc(Nc2nc3ccccc3nc2C(=O)OCC(C)C)c(C)c1. The Hall–Kier alpha value is -2.95. The highest BCUT2D eigenvalue weighted by Crippen LogP contribution is 2.24. The zero-order valence-electron chi connectivity index (χ0n) is 15.5. The first-order valence-electron chi connectivity index (χ1n) is 8.72. The standard InChI is InChI=1S/C21H23N3O2/c1-13(2)12-26-21(25)19-20(23-16-10-9-14(3)11-15(16)4)24-18-8-6-5-7-17(18)22-19/h5-11,13H,12H2,1-4H3,(H,23,24). The largest absolute Gasteiger partial charge is 0.461 e. The van der Waals surface area contributed by atoms with Gasteiger partial charge >= 0.3 is 5.97 Å². The Morgan fingerprint density at radius 1 is 1.08 bits per heavy atom. The smallest absolute Gasteiger partial charge is 0.360 e. The Morgan fingerprint density at radius 2 is 1.77 bits per heavy atom. The topological polar surface area (TPSA) is 64.1 Å². The summed E-state index contributed by atoms with van der Waals surface area (Å²) >= 11 is 0. The van der Waals surface area contributed by atoms with Crippen LogP contribution in [0.15, 0.2) is 42.5 Å². The number of nitrogens with zero attached hydrogens (tertiary/aromatic N) is 2. The van der Waals surface area contributed by atoms with Crippen molar-refractivity contribution in [2.45, 2.75) is 27.7 Å². The number of benzene rings is 2. The fraction of sp³-hybridized carbons (Fsp3) is 0.286. The van der Waals surface area contributed by atoms with Crippen molar-refractivity contribution < 1.29 is 9.53 Å². The van der Waals surface area contributed by atoms with E-state index in [1.165, 1.54) is 5.56 Å². The first-order valence-corrected chi connectivity index (χ1v) is 8.72. The van der Waals surface area contributed by atoms with Gasteiger partial charge in [0, 0.05) is 5.69 Å². The summed E-state index contributed by atoms with van der Waals surface area (Å²) in [5.74, 6) is 0.191. The minimum absolute atomic E-state index is 0.198. The Labute approximate surface area is 153 Å². The number of nitrogens with one attached hydrogen (secondary N) is 1. The third-order valence-electron chi connectivity index (χ3n) is 3.95. The lowest BCUT2D eigenvalue weighted by atomic mass is 10.1. The third-order valence-corrected chi connectivity index (χ3v) is 3.95. The zero-order valence-corrected chi connectivity index (χ0v) is 15.5. The predicted molar refractivity (Wildman–Crippen MR) is 104 cm³/mol. The van der Waals surface area contributed by atoms with E-state index in [2.05, 4.69) is 21.4 Å². The number of ether oxygens (including phenoxy) is 1. The zero-order chi connectivity index (χ0) is 18.7. The van der Waals surface area contributed by atoms with Crippen LogP contribution in [0.2, 0.25) is 0 Å². The van der Waals surface area contributed by atoms with E-state index < -0.39 is 5.97 Å². The Morgan fingerprint density at radius 3 is 2.42 bits per heavy atom. The molecule has 1 N–H and O–H groups in total. The highest BCUT2D eigenvalue weighted by molar-refractivity contribution is 5.96. The van der Waals surface area contributed by atoms with Crippen LogP contribution in [0, 0.1) is 19.8 Å². The van der Waals surface area contributed by atoms with Gasteiger partial charge in [0.2, 0.25) is 0 Å². The summed E-state index contributed by atoms with van der Waals surface area (Å²) in [5.41, 5.74) is 4.72. The van der Waals surface area contributed by atoms with Gasteiger partial charge in [0.1, 0.15) is 0 Å². The molecular formula is C21H23N3O2. The molecule has 5 nitrogen and oxygen atoms in total. The molecule has 0 saturated carbocycles. The van der Waals surface area contributed by atoms with Gasteiger partial charge in [0.05, 0.1) is 17.6 Å². The molecular weight excluding hydrogens is 326 g/mol. The van der Waals surface area contributed by atoms with Crippen molar-refractivity contribution in [2.24, 2.45) is 5.92 Å². The molecule has 1 heterocycles. The number of carbonyl (C=O) groups is 1. The summed E-state index contributed by atoms with van der Waals surface area (Å²) in [6.45, 7) is 8.39. The molecule has 0 aliphatic rings. The number of anilines is 2. The fourth-order valence-corrected chi connectivity index (χ4v) is 2.62. The van der Waals surface area contributed by atoms with Crippen molar-refractivity contribution in [1.29, 1.82) is 0 Å². The summed E-state index contributed by atoms with van der Waals surface area (Å²) in [5, 5.41) is 3.25. The molecule has 3 rings (SSSR count). The van der Waals surface area contributed by atoms with Crippen LogP contribution in [-0.2, 0) is 4.74 Å². The van der Waals surface area contributed by atoms with Crippen LogP contribution in [0.5, 0.6) is 0 Å². The molecule has 0 aliphatic heterocycles. The van der Waals surface area contributed by atoms with E-state index in [9.17, 15) is 4.79 Å². The summed E-state index contributed by atoms with van der Waals surface area (Å²) in [6, 6.07) is 13.5. The van der Waals surface area contributed by atoms with Gasteiger partial charge in [0.15, 0.2) is 11.5 Å². The maximum absolute atomic E-state index is 12.6. The molecule has 0 atom stereocenters. The Kier molecular flexibility index (Phi) is 5.16. The first kappa shape index (κ1) is 17.9. The van der Waals surface area contributed by atoms with Crippen molar-refractivity contribution >= 4 is 28.5 Å². The van der Waals surface area contributed by atoms with Crippen LogP contribution in [0.1, 0.15) is 35.5 Å². The van der Waals surface area contributed by atoms with Crippen LogP contribution >= 0.6 is 0 Å². The highest BCUT2D eigenvalue weighted by atomic mass is 16.5. The molecule has 134 valence electrons. The fourth-order valence-electron chi connectivity index (χ4n) is 2.62. The molecule has 0 unspecified atom stereocenters. The van der Waals surface area contributed by atoms with Gasteiger partial charge in [-0.25, -0.2) is 14.8 Å². The quantitative estimate of drug-likeness (QED) is 0.670. The van der Waals surface area contributed by atoms with E-state index in [-0.39, 0.29) is 11.6 Å². The number of rotatable bonds is 5. The molecule has 0 radical (unpaired) electrons. The molecule has 0 spiro atoms. The van der Waals surface area contributed by atoms with Crippen LogP contribution in [0.3, 0.4) is 0 Å². The number of hydrogen-bond acceptors (Lipinski definition) is 5. The van der Waals surface area contributed by atoms with E-state index in [1.807, 2.05) is 64.1 Å². The lowest BCUT2D eigenvalue weighted by molar-refractivity contribution is 0.0453. The molecule has 2 aromatic carbocycles. The number of aromatic nitrogens is 2. The highest BCUT2D eigenvalue weighted by Gasteiger charge is 2.19. The number of carbonyl (C=O) groups excluding carboxylic acids is 1. The maximum Gasteiger partial charge on any atom is 0.360 e. The van der Waals surface area contributed by atoms with Crippen LogP contribution in [-0.4, -0.2) is 22.5 Å². The molecule has 3 aromatic rings. The van der Waals surface area contributed by atoms with Gasteiger partial charge in [-0.3, -0.25) is 0 Å². The van der Waals surface area contributed by atoms with Gasteiger partial charge in [-0.05, 0) is 43.5 Å². The average molecular weight is 349 g/mol. The molecule has 26 heavy (non-hydrogen) atoms. The number of aryl methyl sites for hydroxylation is 2. The van der Waals surface area contributed by atoms with E-state index in [0.29, 0.717) is 17.9 Å². The second kappa shape index (κ2) is 7.52. The molecule has 0 aliphatic carbocycles. The lowest BCUT2D eigenvalue weighted by Gasteiger charge is -2.14. The molecule has 0 amide bonds. The van der Waals surface area contributed by atoms with Gasteiger partial charge < -0.3 is 10.1 Å². The first-order chi connectivity index (χ1) is 12.4. The van der Waals surface area contributed by atoms with Crippen LogP contribution in [0.25, 0.3) is 11.0 Å². The van der Waals surface area contributed by atoms with Gasteiger partial charge in [-0.2, -0.15) is 0 Å². The van der Waals surface area contributed by atoms with E-state index in [0.717, 1.165) is 16.8 Å². The molecule has 0 fully saturated rings. The predicted octanol–water partition coefficient (Wildman–Crippen LogP) is 4.80. The maximum atomic E-state index is 12.6. The molecule has 5 heteroatoms. The lowest BCUT2D eigenvalue weighted by Crippen LogP contribution is -2.15. The van der Waals surface area contributed by atoms with Gasteiger partial charge in [-0.1, -0.05) is 43.7 Å². The second-order valence-corrected chi connectivity index (χ2v) is 6.85. The third kappa shape index (κ3) is 3.99. The van der Waals surface area contributed by atoms with Gasteiger partial charge in [-0.15, -0.1) is 0 Å². The van der Waals surface area contributed by atoms with Crippen molar-refractivity contribution in [2.75, 3.05) is 11.9 Å². The van der Waals surface area contributed by atoms with Crippen molar-refractivity contribution in [3.8, 4) is 0 Å². The summed E-state index contributed by atoms with van der Waals surface area (Å²) in [7, 11) is 0. The molecule has 1 aromatic heterocycles. The van der Waals surface area contributed by atoms with Crippen LogP contribution < -0.4 is 5.32 Å². The average Bonchev–Trinajstić information content (AvgIpc) is 2.61. The summed E-state index contributed by atoms with van der Waals surface area (Å²) in [4.78, 5) is 21.7. The van der Waals surface area contributed by atoms with Crippen molar-refractivity contribution in [3.63, 3.8) is 0 Å². The van der Waals surface area contributed by atoms with E-state index in [4.69, 9.17) is 4.74 Å². The minimum atomic E-state index is -0.468. The van der Waals surface area contributed by atoms with Crippen molar-refractivity contribution in [1.82, 2.24) is 9.97 Å². The summed E-state index contributed by atoms with van der Waals surface area (Å²) in [6.07, 6.45) is 0. The monoisotopic (exact) mass is 349 g/mol. The number of fused-ring (bicyclic) bond motifs is 1. The van der Waals surface area contributed by atoms with Crippen molar-refractivity contribution in [3.05, 3.63) is 59.3 Å². The number of hydrogen-bond donors (Lipinski definition) is 1. The second-order valence-electron chi connectivity index (χ2n) is 6.85. The Balaban J connectivity index is 2.03. The number of esters is 1. The number of para-hydroxylation sites is 2. The normalized spacial score (nSPS) is 11.0. The van der Waals surface area contributed by atoms with E-state index >= 15 is 0 Å². The minimum Gasteiger partial charge on any atom is -0.461 e. The molecule has 0 saturated heterocycles. The Bertz CT molecular complexity index is 951. The van der Waals surface area contributed by atoms with E-state index in [1.54, 1.807) is 0 Å². The molecule has 0 bridgehead atoms. The van der Waals surface area contributed by atoms with Gasteiger partial charge in [0.25, 0.3) is 0 Å². The summed E-state index contributed by atoms with van der Waals surface area (Å²) < 4.78 is 5.38.